The highest BCUT2D eigenvalue weighted by Gasteiger charge is 2.14. The molecule has 2 rings (SSSR count). The second-order valence-electron chi connectivity index (χ2n) is 5.36. The molecule has 2 amide bonds. The summed E-state index contributed by atoms with van der Waals surface area (Å²) in [7, 11) is 1.51. The number of imidazole rings is 1. The van der Waals surface area contributed by atoms with Crippen molar-refractivity contribution >= 4 is 23.6 Å². The van der Waals surface area contributed by atoms with Crippen LogP contribution in [0.25, 0.3) is 6.08 Å². The second-order valence-corrected chi connectivity index (χ2v) is 5.36. The van der Waals surface area contributed by atoms with Crippen LogP contribution < -0.4 is 5.32 Å². The predicted molar refractivity (Wildman–Crippen MR) is 89.7 cm³/mol. The molecule has 1 aromatic carbocycles. The fraction of sp³-hybridized carbons (Fsp3) is 0.235. The summed E-state index contributed by atoms with van der Waals surface area (Å²) in [6.45, 7) is -1.30. The summed E-state index contributed by atoms with van der Waals surface area (Å²) in [4.78, 5) is 28.2. The molecular formula is C17H18F2N4O2. The third kappa shape index (κ3) is 5.23. The minimum atomic E-state index is -2.70. The monoisotopic (exact) mass is 348 g/mol. The Labute approximate surface area is 143 Å². The Balaban J connectivity index is 1.97. The highest BCUT2D eigenvalue weighted by atomic mass is 19.3. The number of likely N-dealkylation sites (N-methyl/N-ethyl adjacent to an activating group) is 1. The zero-order chi connectivity index (χ0) is 18.4. The predicted octanol–water partition coefficient (Wildman–Crippen LogP) is 2.91. The number of nitrogens with zero attached hydrogens (tertiary/aromatic N) is 3. The standard InChI is InChI=1S/C17H18F2N4O2/c1-12(24)21-14-6-3-13(4-7-14)5-8-16(25)22(2)11-15-20-9-10-23(15)17(18)19/h3-10,17H,11H2,1-2H3,(H,21,24)/b8-5+. The van der Waals surface area contributed by atoms with E-state index in [1.165, 1.54) is 37.3 Å². The fourth-order valence-corrected chi connectivity index (χ4v) is 2.11. The number of aromatic nitrogens is 2. The molecule has 0 radical (unpaired) electrons. The van der Waals surface area contributed by atoms with E-state index in [1.807, 2.05) is 0 Å². The highest BCUT2D eigenvalue weighted by Crippen LogP contribution is 2.14. The van der Waals surface area contributed by atoms with Gasteiger partial charge in [0.1, 0.15) is 5.82 Å². The van der Waals surface area contributed by atoms with Crippen molar-refractivity contribution in [3.8, 4) is 0 Å². The molecule has 0 saturated heterocycles. The maximum atomic E-state index is 12.8. The van der Waals surface area contributed by atoms with Crippen LogP contribution in [-0.4, -0.2) is 33.3 Å². The molecule has 132 valence electrons. The maximum Gasteiger partial charge on any atom is 0.319 e. The Morgan fingerprint density at radius 1 is 1.32 bits per heavy atom. The molecule has 0 aliphatic carbocycles. The molecule has 1 heterocycles. The summed E-state index contributed by atoms with van der Waals surface area (Å²) in [5, 5.41) is 2.65. The Kier molecular flexibility index (Phi) is 5.99. The lowest BCUT2D eigenvalue weighted by molar-refractivity contribution is -0.125. The third-order valence-electron chi connectivity index (χ3n) is 3.36. The van der Waals surface area contributed by atoms with Crippen molar-refractivity contribution in [3.05, 3.63) is 54.1 Å². The van der Waals surface area contributed by atoms with Gasteiger partial charge in [-0.05, 0) is 23.8 Å². The number of halogens is 2. The van der Waals surface area contributed by atoms with Gasteiger partial charge in [0, 0.05) is 38.1 Å². The number of alkyl halides is 2. The van der Waals surface area contributed by atoms with E-state index in [0.717, 1.165) is 5.56 Å². The first kappa shape index (κ1) is 18.3. The Hall–Kier alpha value is -3.03. The van der Waals surface area contributed by atoms with E-state index in [2.05, 4.69) is 10.3 Å². The first-order valence-electron chi connectivity index (χ1n) is 7.47. The summed E-state index contributed by atoms with van der Waals surface area (Å²) in [5.74, 6) is -0.393. The van der Waals surface area contributed by atoms with E-state index in [1.54, 1.807) is 30.3 Å². The molecule has 0 aliphatic rings. The molecule has 2 aromatic rings. The molecule has 0 saturated carbocycles. The van der Waals surface area contributed by atoms with Crippen LogP contribution in [0.1, 0.15) is 24.9 Å². The molecule has 25 heavy (non-hydrogen) atoms. The van der Waals surface area contributed by atoms with Gasteiger partial charge >= 0.3 is 6.55 Å². The number of carbonyl (C=O) groups excluding carboxylic acids is 2. The van der Waals surface area contributed by atoms with E-state index in [0.29, 0.717) is 10.3 Å². The Bertz CT molecular complexity index is 769. The lowest BCUT2D eigenvalue weighted by atomic mass is 10.2. The molecule has 6 nitrogen and oxygen atoms in total. The number of rotatable bonds is 6. The van der Waals surface area contributed by atoms with E-state index >= 15 is 0 Å². The molecule has 0 bridgehead atoms. The Morgan fingerprint density at radius 3 is 2.60 bits per heavy atom. The van der Waals surface area contributed by atoms with Gasteiger partial charge in [-0.2, -0.15) is 8.78 Å². The second kappa shape index (κ2) is 8.18. The molecular weight excluding hydrogens is 330 g/mol. The molecule has 1 N–H and O–H groups in total. The van der Waals surface area contributed by atoms with Crippen molar-refractivity contribution in [1.29, 1.82) is 0 Å². The van der Waals surface area contributed by atoms with Crippen LogP contribution in [0.5, 0.6) is 0 Å². The van der Waals surface area contributed by atoms with Crippen LogP contribution in [0.2, 0.25) is 0 Å². The van der Waals surface area contributed by atoms with Crippen molar-refractivity contribution < 1.29 is 18.4 Å². The van der Waals surface area contributed by atoms with Crippen LogP contribution >= 0.6 is 0 Å². The summed E-state index contributed by atoms with van der Waals surface area (Å²) >= 11 is 0. The van der Waals surface area contributed by atoms with Crippen LogP contribution in [0.4, 0.5) is 14.5 Å². The van der Waals surface area contributed by atoms with E-state index in [4.69, 9.17) is 0 Å². The molecule has 0 spiro atoms. The van der Waals surface area contributed by atoms with Crippen LogP contribution in [0, 0.1) is 0 Å². The first-order valence-corrected chi connectivity index (χ1v) is 7.47. The highest BCUT2D eigenvalue weighted by molar-refractivity contribution is 5.92. The topological polar surface area (TPSA) is 67.2 Å². The smallest absolute Gasteiger partial charge is 0.319 e. The number of nitrogens with one attached hydrogen (secondary N) is 1. The Morgan fingerprint density at radius 2 is 2.00 bits per heavy atom. The number of amides is 2. The summed E-state index contributed by atoms with van der Waals surface area (Å²) in [5.41, 5.74) is 1.43. The first-order chi connectivity index (χ1) is 11.9. The number of carbonyl (C=O) groups is 2. The van der Waals surface area contributed by atoms with Crippen LogP contribution in [0.3, 0.4) is 0 Å². The number of anilines is 1. The quantitative estimate of drug-likeness (QED) is 0.816. The normalized spacial score (nSPS) is 11.1. The summed E-state index contributed by atoms with van der Waals surface area (Å²) in [6.07, 6.45) is 5.40. The fourth-order valence-electron chi connectivity index (χ4n) is 2.11. The molecule has 0 atom stereocenters. The molecule has 8 heteroatoms. The van der Waals surface area contributed by atoms with Gasteiger partial charge in [0.05, 0.1) is 6.54 Å². The van der Waals surface area contributed by atoms with Gasteiger partial charge in [-0.15, -0.1) is 0 Å². The lowest BCUT2D eigenvalue weighted by Crippen LogP contribution is -2.26. The van der Waals surface area contributed by atoms with Gasteiger partial charge in [0.15, 0.2) is 0 Å². The lowest BCUT2D eigenvalue weighted by Gasteiger charge is -2.15. The largest absolute Gasteiger partial charge is 0.335 e. The zero-order valence-corrected chi connectivity index (χ0v) is 13.8. The van der Waals surface area contributed by atoms with E-state index in [-0.39, 0.29) is 24.2 Å². The summed E-state index contributed by atoms with van der Waals surface area (Å²) < 4.78 is 26.3. The number of hydrogen-bond acceptors (Lipinski definition) is 3. The van der Waals surface area contributed by atoms with Crippen LogP contribution in [0.15, 0.2) is 42.7 Å². The molecule has 0 aliphatic heterocycles. The van der Waals surface area contributed by atoms with Crippen molar-refractivity contribution in [1.82, 2.24) is 14.5 Å². The van der Waals surface area contributed by atoms with E-state index < -0.39 is 6.55 Å². The summed E-state index contributed by atoms with van der Waals surface area (Å²) in [6, 6.07) is 6.93. The minimum absolute atomic E-state index is 0.0258. The van der Waals surface area contributed by atoms with Gasteiger partial charge in [-0.1, -0.05) is 12.1 Å². The maximum absolute atomic E-state index is 12.8. The van der Waals surface area contributed by atoms with Gasteiger partial charge in [0.25, 0.3) is 0 Å². The van der Waals surface area contributed by atoms with Crippen molar-refractivity contribution in [3.63, 3.8) is 0 Å². The van der Waals surface area contributed by atoms with Gasteiger partial charge < -0.3 is 10.2 Å². The van der Waals surface area contributed by atoms with Crippen LogP contribution in [-0.2, 0) is 16.1 Å². The molecule has 0 fully saturated rings. The van der Waals surface area contributed by atoms with Crippen molar-refractivity contribution in [2.75, 3.05) is 12.4 Å². The number of benzene rings is 1. The van der Waals surface area contributed by atoms with Gasteiger partial charge in [-0.3, -0.25) is 14.2 Å². The number of hydrogen-bond donors (Lipinski definition) is 1. The third-order valence-corrected chi connectivity index (χ3v) is 3.36. The molecule has 0 unspecified atom stereocenters. The van der Waals surface area contributed by atoms with Crippen molar-refractivity contribution in [2.24, 2.45) is 0 Å². The van der Waals surface area contributed by atoms with Crippen molar-refractivity contribution in [2.45, 2.75) is 20.0 Å². The average Bonchev–Trinajstić information content (AvgIpc) is 3.01. The average molecular weight is 348 g/mol. The SMILES string of the molecule is CC(=O)Nc1ccc(/C=C/C(=O)N(C)Cc2nccn2C(F)F)cc1. The zero-order valence-electron chi connectivity index (χ0n) is 13.8. The van der Waals surface area contributed by atoms with Gasteiger partial charge in [0.2, 0.25) is 11.8 Å². The van der Waals surface area contributed by atoms with E-state index in [9.17, 15) is 18.4 Å². The van der Waals surface area contributed by atoms with Gasteiger partial charge in [-0.25, -0.2) is 4.98 Å². The molecule has 1 aromatic heterocycles. The minimum Gasteiger partial charge on any atom is -0.335 e.